The lowest BCUT2D eigenvalue weighted by atomic mass is 9.95. The average molecular weight is 534 g/mol. The highest BCUT2D eigenvalue weighted by Gasteiger charge is 2.31. The van der Waals surface area contributed by atoms with Gasteiger partial charge in [0, 0.05) is 13.0 Å². The fourth-order valence-electron chi connectivity index (χ4n) is 3.86. The summed E-state index contributed by atoms with van der Waals surface area (Å²) in [7, 11) is -4.05. The van der Waals surface area contributed by atoms with Gasteiger partial charge in [0.05, 0.1) is 4.91 Å². The second kappa shape index (κ2) is 10.5. The molecule has 2 aromatic rings. The molecule has 3 rings (SSSR count). The van der Waals surface area contributed by atoms with Gasteiger partial charge in [-0.1, -0.05) is 36.1 Å². The minimum atomic E-state index is -4.05. The van der Waals surface area contributed by atoms with Gasteiger partial charge >= 0.3 is 16.1 Å². The van der Waals surface area contributed by atoms with Crippen molar-refractivity contribution in [1.29, 1.82) is 0 Å². The van der Waals surface area contributed by atoms with Gasteiger partial charge in [0.15, 0.2) is 0 Å². The number of amides is 1. The molecule has 186 valence electrons. The summed E-state index contributed by atoms with van der Waals surface area (Å²) in [5.41, 5.74) is 4.93. The van der Waals surface area contributed by atoms with E-state index >= 15 is 0 Å². The predicted octanol–water partition coefficient (Wildman–Crippen LogP) is 5.06. The molecule has 1 aliphatic rings. The van der Waals surface area contributed by atoms with Crippen LogP contribution in [-0.4, -0.2) is 41.2 Å². The molecule has 0 bridgehead atoms. The largest absolute Gasteiger partial charge is 0.481 e. The number of benzene rings is 2. The van der Waals surface area contributed by atoms with Crippen LogP contribution >= 0.6 is 24.0 Å². The lowest BCUT2D eigenvalue weighted by Gasteiger charge is -2.18. The predicted molar refractivity (Wildman–Crippen MR) is 141 cm³/mol. The number of rotatable bonds is 8. The van der Waals surface area contributed by atoms with Crippen LogP contribution in [0.2, 0.25) is 0 Å². The van der Waals surface area contributed by atoms with E-state index in [2.05, 4.69) is 0 Å². The molecule has 0 aromatic heterocycles. The average Bonchev–Trinajstić information content (AvgIpc) is 3.04. The van der Waals surface area contributed by atoms with Crippen molar-refractivity contribution in [2.24, 2.45) is 0 Å². The van der Waals surface area contributed by atoms with Gasteiger partial charge in [0.1, 0.15) is 15.0 Å². The molecule has 35 heavy (non-hydrogen) atoms. The van der Waals surface area contributed by atoms with E-state index in [0.717, 1.165) is 28.5 Å². The standard InChI is InChI=1S/C25H27NO6S3/c1-14-15(2)17(4)23(18(5)16(14)3)35(30,31)32-20-10-8-19(9-11-20)13-21-24(29)26(25(33)34-21)12-6-7-22(27)28/h8-11,13H,6-7,12H2,1-5H3,(H,27,28). The number of carboxylic acid groups (broad SMARTS) is 1. The molecular weight excluding hydrogens is 506 g/mol. The van der Waals surface area contributed by atoms with Gasteiger partial charge in [-0.3, -0.25) is 14.5 Å². The Hall–Kier alpha value is -2.69. The van der Waals surface area contributed by atoms with Crippen molar-refractivity contribution in [3.05, 3.63) is 62.6 Å². The minimum absolute atomic E-state index is 0.0404. The van der Waals surface area contributed by atoms with Crippen LogP contribution in [0.5, 0.6) is 5.75 Å². The van der Waals surface area contributed by atoms with Gasteiger partial charge in [-0.2, -0.15) is 8.42 Å². The van der Waals surface area contributed by atoms with E-state index in [4.69, 9.17) is 21.5 Å². The number of carboxylic acids is 1. The van der Waals surface area contributed by atoms with Crippen LogP contribution in [0.15, 0.2) is 34.1 Å². The van der Waals surface area contributed by atoms with Crippen molar-refractivity contribution in [1.82, 2.24) is 4.90 Å². The first-order valence-electron chi connectivity index (χ1n) is 10.9. The van der Waals surface area contributed by atoms with Gasteiger partial charge in [-0.15, -0.1) is 0 Å². The molecule has 2 aromatic carbocycles. The van der Waals surface area contributed by atoms with E-state index in [1.165, 1.54) is 17.0 Å². The fourth-order valence-corrected chi connectivity index (χ4v) is 6.67. The van der Waals surface area contributed by atoms with Gasteiger partial charge in [-0.25, -0.2) is 0 Å². The topological polar surface area (TPSA) is 101 Å². The first kappa shape index (κ1) is 26.9. The molecule has 7 nitrogen and oxygen atoms in total. The minimum Gasteiger partial charge on any atom is -0.481 e. The number of nitrogens with zero attached hydrogens (tertiary/aromatic N) is 1. The van der Waals surface area contributed by atoms with Gasteiger partial charge in [-0.05, 0) is 92.6 Å². The lowest BCUT2D eigenvalue weighted by molar-refractivity contribution is -0.137. The Morgan fingerprint density at radius 1 is 1.03 bits per heavy atom. The molecule has 1 aliphatic heterocycles. The van der Waals surface area contributed by atoms with Crippen molar-refractivity contribution in [3.8, 4) is 5.75 Å². The molecule has 1 heterocycles. The first-order valence-corrected chi connectivity index (χ1v) is 13.6. The molecule has 0 spiro atoms. The maximum Gasteiger partial charge on any atom is 0.339 e. The number of carbonyl (C=O) groups excluding carboxylic acids is 1. The summed E-state index contributed by atoms with van der Waals surface area (Å²) in [4.78, 5) is 25.4. The highest BCUT2D eigenvalue weighted by atomic mass is 32.2. The number of aliphatic carboxylic acids is 1. The van der Waals surface area contributed by atoms with Crippen molar-refractivity contribution in [2.75, 3.05) is 6.54 Å². The van der Waals surface area contributed by atoms with E-state index < -0.39 is 16.1 Å². The lowest BCUT2D eigenvalue weighted by Crippen LogP contribution is -2.29. The van der Waals surface area contributed by atoms with E-state index in [1.807, 2.05) is 20.8 Å². The first-order chi connectivity index (χ1) is 16.3. The zero-order chi connectivity index (χ0) is 26.1. The molecular formula is C25H27NO6S3. The van der Waals surface area contributed by atoms with Crippen molar-refractivity contribution in [3.63, 3.8) is 0 Å². The van der Waals surface area contributed by atoms with Crippen molar-refractivity contribution in [2.45, 2.75) is 52.4 Å². The summed E-state index contributed by atoms with van der Waals surface area (Å²) < 4.78 is 32.1. The Bertz CT molecular complexity index is 1320. The second-order valence-corrected chi connectivity index (χ2v) is 11.6. The van der Waals surface area contributed by atoms with Crippen molar-refractivity contribution >= 4 is 56.4 Å². The Labute approximate surface area is 215 Å². The zero-order valence-electron chi connectivity index (χ0n) is 20.2. The monoisotopic (exact) mass is 533 g/mol. The smallest absolute Gasteiger partial charge is 0.339 e. The third-order valence-electron chi connectivity index (χ3n) is 6.21. The molecule has 1 saturated heterocycles. The molecule has 0 saturated carbocycles. The fraction of sp³-hybridized carbons (Fsp3) is 0.320. The third kappa shape index (κ3) is 5.76. The molecule has 0 unspecified atom stereocenters. The number of hydrogen-bond donors (Lipinski definition) is 1. The second-order valence-electron chi connectivity index (χ2n) is 8.39. The van der Waals surface area contributed by atoms with Crippen LogP contribution in [0.3, 0.4) is 0 Å². The SMILES string of the molecule is Cc1c(C)c(C)c(S(=O)(=O)Oc2ccc(C=C3SC(=S)N(CCCC(=O)O)C3=O)cc2)c(C)c1C. The van der Waals surface area contributed by atoms with Crippen LogP contribution in [0.1, 0.15) is 46.2 Å². The van der Waals surface area contributed by atoms with Crippen LogP contribution in [0, 0.1) is 34.6 Å². The van der Waals surface area contributed by atoms with E-state index in [9.17, 15) is 18.0 Å². The molecule has 0 radical (unpaired) electrons. The quantitative estimate of drug-likeness (QED) is 0.285. The molecule has 10 heteroatoms. The molecule has 1 amide bonds. The molecule has 0 atom stereocenters. The van der Waals surface area contributed by atoms with Crippen LogP contribution in [0.4, 0.5) is 0 Å². The van der Waals surface area contributed by atoms with E-state index in [-0.39, 0.29) is 29.5 Å². The summed E-state index contributed by atoms with van der Waals surface area (Å²) in [6.45, 7) is 9.59. The van der Waals surface area contributed by atoms with Crippen LogP contribution in [0.25, 0.3) is 6.08 Å². The molecule has 1 fully saturated rings. The van der Waals surface area contributed by atoms with E-state index in [1.54, 1.807) is 32.1 Å². The Balaban J connectivity index is 1.78. The normalized spacial score (nSPS) is 15.2. The summed E-state index contributed by atoms with van der Waals surface area (Å²) in [6, 6.07) is 6.39. The van der Waals surface area contributed by atoms with Crippen molar-refractivity contribution < 1.29 is 27.3 Å². The van der Waals surface area contributed by atoms with Gasteiger partial charge in [0.25, 0.3) is 5.91 Å². The van der Waals surface area contributed by atoms with Gasteiger partial charge < -0.3 is 9.29 Å². The third-order valence-corrected chi connectivity index (χ3v) is 9.11. The summed E-state index contributed by atoms with van der Waals surface area (Å²) >= 11 is 6.41. The van der Waals surface area contributed by atoms with Crippen LogP contribution in [-0.2, 0) is 19.7 Å². The Kier molecular flexibility index (Phi) is 8.08. The maximum atomic E-state index is 13.1. The zero-order valence-corrected chi connectivity index (χ0v) is 22.6. The highest BCUT2D eigenvalue weighted by molar-refractivity contribution is 8.26. The summed E-state index contributed by atoms with van der Waals surface area (Å²) in [5, 5.41) is 8.79. The maximum absolute atomic E-state index is 13.1. The number of carbonyl (C=O) groups is 2. The summed E-state index contributed by atoms with van der Waals surface area (Å²) in [6.07, 6.45) is 1.94. The Morgan fingerprint density at radius 2 is 1.57 bits per heavy atom. The number of thiocarbonyl (C=S) groups is 1. The number of hydrogen-bond acceptors (Lipinski definition) is 7. The molecule has 0 aliphatic carbocycles. The molecule has 1 N–H and O–H groups in total. The van der Waals surface area contributed by atoms with Crippen LogP contribution < -0.4 is 4.18 Å². The van der Waals surface area contributed by atoms with Gasteiger partial charge in [0.2, 0.25) is 0 Å². The highest BCUT2D eigenvalue weighted by Crippen LogP contribution is 2.34. The Morgan fingerprint density at radius 3 is 2.11 bits per heavy atom. The summed E-state index contributed by atoms with van der Waals surface area (Å²) in [5.74, 6) is -1.03. The number of thioether (sulfide) groups is 1. The van der Waals surface area contributed by atoms with E-state index in [0.29, 0.717) is 32.3 Å².